The number of hydrogen-bond donors (Lipinski definition) is 0. The number of thioether (sulfide) groups is 1. The molecule has 1 amide bonds. The number of nitrogens with zero attached hydrogens (tertiary/aromatic N) is 1. The Balaban J connectivity index is 1.71. The molecule has 0 bridgehead atoms. The summed E-state index contributed by atoms with van der Waals surface area (Å²) in [7, 11) is 3.27. The number of aryl methyl sites for hydroxylation is 1. The van der Waals surface area contributed by atoms with Crippen LogP contribution in [-0.2, 0) is 4.79 Å². The molecule has 3 rings (SSSR count). The van der Waals surface area contributed by atoms with Crippen molar-refractivity contribution in [3.8, 4) is 11.5 Å². The van der Waals surface area contributed by atoms with Crippen LogP contribution in [0.25, 0.3) is 0 Å². The summed E-state index contributed by atoms with van der Waals surface area (Å²) in [6, 6.07) is 14.2. The zero-order valence-corrected chi connectivity index (χ0v) is 16.3. The lowest BCUT2D eigenvalue weighted by Crippen LogP contribution is -2.32. The molecule has 0 aliphatic carbocycles. The summed E-state index contributed by atoms with van der Waals surface area (Å²) in [5, 5.41) is 0. The Morgan fingerprint density at radius 3 is 2.65 bits per heavy atom. The SMILES string of the molecule is COc1ccc(C2CCCN2C(=O)CSc2ccccc2C)cc1OC. The molecular formula is C21H25NO3S. The van der Waals surface area contributed by atoms with Crippen LogP contribution in [0, 0.1) is 6.92 Å². The van der Waals surface area contributed by atoms with Crippen molar-refractivity contribution in [2.75, 3.05) is 26.5 Å². The molecule has 1 heterocycles. The topological polar surface area (TPSA) is 38.8 Å². The highest BCUT2D eigenvalue weighted by Gasteiger charge is 2.30. The van der Waals surface area contributed by atoms with Crippen LogP contribution in [0.3, 0.4) is 0 Å². The molecule has 1 unspecified atom stereocenters. The zero-order chi connectivity index (χ0) is 18.5. The van der Waals surface area contributed by atoms with Gasteiger partial charge >= 0.3 is 0 Å². The predicted molar refractivity (Wildman–Crippen MR) is 105 cm³/mol. The van der Waals surface area contributed by atoms with Crippen LogP contribution in [-0.4, -0.2) is 37.3 Å². The third-order valence-corrected chi connectivity index (χ3v) is 5.97. The average molecular weight is 372 g/mol. The fraction of sp³-hybridized carbons (Fsp3) is 0.381. The van der Waals surface area contributed by atoms with Crippen LogP contribution >= 0.6 is 11.8 Å². The summed E-state index contributed by atoms with van der Waals surface area (Å²) in [4.78, 5) is 16.0. The number of benzene rings is 2. The minimum atomic E-state index is 0.111. The second-order valence-electron chi connectivity index (χ2n) is 6.41. The van der Waals surface area contributed by atoms with Crippen LogP contribution in [0.1, 0.15) is 30.0 Å². The molecule has 26 heavy (non-hydrogen) atoms. The van der Waals surface area contributed by atoms with E-state index in [9.17, 15) is 4.79 Å². The van der Waals surface area contributed by atoms with E-state index < -0.39 is 0 Å². The van der Waals surface area contributed by atoms with Crippen LogP contribution in [0.15, 0.2) is 47.4 Å². The highest BCUT2D eigenvalue weighted by Crippen LogP contribution is 2.37. The molecule has 1 saturated heterocycles. The van der Waals surface area contributed by atoms with Gasteiger partial charge in [-0.15, -0.1) is 11.8 Å². The third kappa shape index (κ3) is 3.98. The molecule has 1 fully saturated rings. The van der Waals surface area contributed by atoms with Gasteiger partial charge in [0.15, 0.2) is 11.5 Å². The second kappa shape index (κ2) is 8.49. The summed E-state index contributed by atoms with van der Waals surface area (Å²) in [6.45, 7) is 2.89. The molecule has 0 aromatic heterocycles. The standard InChI is InChI=1S/C21H25NO3S/c1-15-7-4-5-9-20(15)26-14-21(23)22-12-6-8-17(22)16-10-11-18(24-2)19(13-16)25-3/h4-5,7,9-11,13,17H,6,8,12,14H2,1-3H3. The first-order chi connectivity index (χ1) is 12.6. The fourth-order valence-corrected chi connectivity index (χ4v) is 4.33. The van der Waals surface area contributed by atoms with Gasteiger partial charge in [0.25, 0.3) is 0 Å². The van der Waals surface area contributed by atoms with Crippen LogP contribution in [0.4, 0.5) is 0 Å². The molecule has 138 valence electrons. The number of hydrogen-bond acceptors (Lipinski definition) is 4. The maximum Gasteiger partial charge on any atom is 0.233 e. The van der Waals surface area contributed by atoms with E-state index >= 15 is 0 Å². The van der Waals surface area contributed by atoms with Crippen LogP contribution < -0.4 is 9.47 Å². The summed E-state index contributed by atoms with van der Waals surface area (Å²) in [6.07, 6.45) is 2.01. The van der Waals surface area contributed by atoms with Crippen molar-refractivity contribution in [1.82, 2.24) is 4.90 Å². The van der Waals surface area contributed by atoms with Crippen molar-refractivity contribution >= 4 is 17.7 Å². The molecule has 0 spiro atoms. The molecule has 2 aromatic carbocycles. The van der Waals surface area contributed by atoms with Crippen molar-refractivity contribution in [1.29, 1.82) is 0 Å². The normalized spacial score (nSPS) is 16.6. The van der Waals surface area contributed by atoms with E-state index in [1.807, 2.05) is 35.2 Å². The fourth-order valence-electron chi connectivity index (χ4n) is 3.41. The number of carbonyl (C=O) groups excluding carboxylic acids is 1. The second-order valence-corrected chi connectivity index (χ2v) is 7.43. The number of rotatable bonds is 6. The van der Waals surface area contributed by atoms with Gasteiger partial charge in [-0.05, 0) is 49.1 Å². The summed E-state index contributed by atoms with van der Waals surface area (Å²) < 4.78 is 10.7. The largest absolute Gasteiger partial charge is 0.493 e. The first kappa shape index (κ1) is 18.6. The average Bonchev–Trinajstić information content (AvgIpc) is 3.16. The predicted octanol–water partition coefficient (Wildman–Crippen LogP) is 4.47. The van der Waals surface area contributed by atoms with E-state index in [0.29, 0.717) is 17.3 Å². The lowest BCUT2D eigenvalue weighted by atomic mass is 10.0. The van der Waals surface area contributed by atoms with E-state index in [0.717, 1.165) is 24.9 Å². The van der Waals surface area contributed by atoms with E-state index in [1.165, 1.54) is 10.5 Å². The van der Waals surface area contributed by atoms with Crippen LogP contribution in [0.2, 0.25) is 0 Å². The zero-order valence-electron chi connectivity index (χ0n) is 15.5. The molecule has 1 aliphatic rings. The Morgan fingerprint density at radius 2 is 1.92 bits per heavy atom. The Hall–Kier alpha value is -2.14. The lowest BCUT2D eigenvalue weighted by Gasteiger charge is -2.25. The van der Waals surface area contributed by atoms with Crippen molar-refractivity contribution < 1.29 is 14.3 Å². The van der Waals surface area contributed by atoms with Gasteiger partial charge in [0.2, 0.25) is 5.91 Å². The molecular weight excluding hydrogens is 346 g/mol. The molecule has 5 heteroatoms. The smallest absolute Gasteiger partial charge is 0.233 e. The third-order valence-electron chi connectivity index (χ3n) is 4.81. The minimum Gasteiger partial charge on any atom is -0.493 e. The van der Waals surface area contributed by atoms with Gasteiger partial charge < -0.3 is 14.4 Å². The maximum absolute atomic E-state index is 12.8. The van der Waals surface area contributed by atoms with Gasteiger partial charge in [-0.3, -0.25) is 4.79 Å². The molecule has 0 radical (unpaired) electrons. The van der Waals surface area contributed by atoms with Gasteiger partial charge in [0, 0.05) is 11.4 Å². The number of carbonyl (C=O) groups is 1. The van der Waals surface area contributed by atoms with Crippen molar-refractivity contribution in [2.24, 2.45) is 0 Å². The summed E-state index contributed by atoms with van der Waals surface area (Å²) >= 11 is 1.62. The van der Waals surface area contributed by atoms with Gasteiger partial charge in [-0.25, -0.2) is 0 Å². The quantitative estimate of drug-likeness (QED) is 0.703. The number of likely N-dealkylation sites (tertiary alicyclic amines) is 1. The monoisotopic (exact) mass is 371 g/mol. The summed E-state index contributed by atoms with van der Waals surface area (Å²) in [5.41, 5.74) is 2.32. The Morgan fingerprint density at radius 1 is 1.15 bits per heavy atom. The summed E-state index contributed by atoms with van der Waals surface area (Å²) in [5.74, 6) is 2.07. The van der Waals surface area contributed by atoms with E-state index in [-0.39, 0.29) is 11.9 Å². The number of ether oxygens (including phenoxy) is 2. The van der Waals surface area contributed by atoms with E-state index in [2.05, 4.69) is 19.1 Å². The van der Waals surface area contributed by atoms with E-state index in [1.54, 1.807) is 26.0 Å². The molecule has 4 nitrogen and oxygen atoms in total. The number of amides is 1. The van der Waals surface area contributed by atoms with Gasteiger partial charge in [0.05, 0.1) is 26.0 Å². The van der Waals surface area contributed by atoms with Crippen molar-refractivity contribution in [3.05, 3.63) is 53.6 Å². The van der Waals surface area contributed by atoms with Gasteiger partial charge in [-0.1, -0.05) is 24.3 Å². The molecule has 1 atom stereocenters. The number of methoxy groups -OCH3 is 2. The maximum atomic E-state index is 12.8. The van der Waals surface area contributed by atoms with E-state index in [4.69, 9.17) is 9.47 Å². The molecule has 1 aliphatic heterocycles. The highest BCUT2D eigenvalue weighted by molar-refractivity contribution is 8.00. The van der Waals surface area contributed by atoms with Crippen molar-refractivity contribution in [3.63, 3.8) is 0 Å². The Labute approximate surface area is 159 Å². The van der Waals surface area contributed by atoms with Crippen LogP contribution in [0.5, 0.6) is 11.5 Å². The minimum absolute atomic E-state index is 0.111. The van der Waals surface area contributed by atoms with Crippen molar-refractivity contribution in [2.45, 2.75) is 30.7 Å². The lowest BCUT2D eigenvalue weighted by molar-refractivity contribution is -0.129. The van der Waals surface area contributed by atoms with Gasteiger partial charge in [0.1, 0.15) is 0 Å². The first-order valence-corrected chi connectivity index (χ1v) is 9.82. The Bertz CT molecular complexity index is 778. The molecule has 0 saturated carbocycles. The molecule has 2 aromatic rings. The van der Waals surface area contributed by atoms with Gasteiger partial charge in [-0.2, -0.15) is 0 Å². The highest BCUT2D eigenvalue weighted by atomic mass is 32.2. The Kier molecular flexibility index (Phi) is 6.09. The molecule has 0 N–H and O–H groups in total. The first-order valence-electron chi connectivity index (χ1n) is 8.84.